The lowest BCUT2D eigenvalue weighted by atomic mass is 9.77. The summed E-state index contributed by atoms with van der Waals surface area (Å²) >= 11 is 6.06. The van der Waals surface area contributed by atoms with Crippen molar-refractivity contribution in [1.29, 1.82) is 0 Å². The number of hydrogen-bond acceptors (Lipinski definition) is 6. The third-order valence-corrected chi connectivity index (χ3v) is 8.74. The number of hydrogen-bond donors (Lipinski definition) is 2. The second-order valence-corrected chi connectivity index (χ2v) is 11.0. The molecule has 0 spiro atoms. The van der Waals surface area contributed by atoms with Crippen LogP contribution in [0, 0.1) is 0 Å². The Morgan fingerprint density at radius 3 is 2.68 bits per heavy atom. The van der Waals surface area contributed by atoms with Gasteiger partial charge in [-0.1, -0.05) is 23.7 Å². The van der Waals surface area contributed by atoms with Crippen molar-refractivity contribution in [3.63, 3.8) is 0 Å². The van der Waals surface area contributed by atoms with E-state index in [9.17, 15) is 9.32 Å². The van der Waals surface area contributed by atoms with Gasteiger partial charge >= 0.3 is 0 Å². The molecule has 1 saturated carbocycles. The van der Waals surface area contributed by atoms with Crippen molar-refractivity contribution in [3.8, 4) is 0 Å². The Balaban J connectivity index is 1.39. The van der Waals surface area contributed by atoms with Gasteiger partial charge in [0.05, 0.1) is 28.6 Å². The van der Waals surface area contributed by atoms with Crippen molar-refractivity contribution in [2.75, 3.05) is 35.7 Å². The van der Waals surface area contributed by atoms with Crippen LogP contribution in [-0.2, 0) is 17.2 Å². The van der Waals surface area contributed by atoms with Gasteiger partial charge in [-0.25, -0.2) is 4.98 Å². The molecule has 2 atom stereocenters. The summed E-state index contributed by atoms with van der Waals surface area (Å²) in [6, 6.07) is 8.22. The zero-order valence-electron chi connectivity index (χ0n) is 17.6. The zero-order valence-corrected chi connectivity index (χ0v) is 19.2. The molecule has 2 aromatic rings. The average Bonchev–Trinajstić information content (AvgIpc) is 2.97. The highest BCUT2D eigenvalue weighted by atomic mass is 35.5. The second kappa shape index (κ2) is 8.68. The number of fused-ring (bicyclic) bond motifs is 1. The van der Waals surface area contributed by atoms with Gasteiger partial charge in [-0.15, -0.1) is 0 Å². The topological polar surface area (TPSA) is 78.4 Å². The van der Waals surface area contributed by atoms with Crippen LogP contribution in [0.2, 0.25) is 5.02 Å². The molecule has 31 heavy (non-hydrogen) atoms. The molecule has 0 radical (unpaired) electrons. The van der Waals surface area contributed by atoms with E-state index >= 15 is 0 Å². The number of nitrogens with zero attached hydrogens (tertiary/aromatic N) is 3. The lowest BCUT2D eigenvalue weighted by Crippen LogP contribution is -2.48. The fourth-order valence-electron chi connectivity index (χ4n) is 4.95. The summed E-state index contributed by atoms with van der Waals surface area (Å²) in [6.45, 7) is 1.87. The highest BCUT2D eigenvalue weighted by molar-refractivity contribution is 7.85. The average molecular weight is 461 g/mol. The minimum atomic E-state index is -1.07. The van der Waals surface area contributed by atoms with Gasteiger partial charge in [-0.2, -0.15) is 4.98 Å². The molecule has 3 heterocycles. The fraction of sp³-hybridized carbons (Fsp3) is 0.565. The fourth-order valence-corrected chi connectivity index (χ4v) is 6.38. The van der Waals surface area contributed by atoms with Gasteiger partial charge in [0.1, 0.15) is 10.7 Å². The Hall–Kier alpha value is -1.70. The summed E-state index contributed by atoms with van der Waals surface area (Å²) in [5.41, 5.74) is 1.91. The third-order valence-electron chi connectivity index (χ3n) is 7.03. The summed E-state index contributed by atoms with van der Waals surface area (Å²) in [4.78, 5) is 12.7. The molecule has 3 aliphatic rings. The van der Waals surface area contributed by atoms with Crippen LogP contribution in [0.25, 0.3) is 0 Å². The number of benzene rings is 1. The number of aromatic nitrogens is 2. The maximum atomic E-state index is 12.6. The normalized spacial score (nSPS) is 24.9. The number of aryl methyl sites for hydroxylation is 1. The van der Waals surface area contributed by atoms with Crippen LogP contribution >= 0.6 is 11.6 Å². The van der Waals surface area contributed by atoms with Crippen molar-refractivity contribution >= 4 is 34.2 Å². The number of aliphatic hydroxyl groups is 1. The van der Waals surface area contributed by atoms with E-state index in [1.165, 1.54) is 5.56 Å². The molecule has 2 fully saturated rings. The first kappa shape index (κ1) is 21.2. The van der Waals surface area contributed by atoms with E-state index in [2.05, 4.69) is 22.3 Å². The molecule has 166 valence electrons. The van der Waals surface area contributed by atoms with Crippen LogP contribution in [0.3, 0.4) is 0 Å². The van der Waals surface area contributed by atoms with Crippen LogP contribution in [0.4, 0.5) is 11.8 Å². The minimum Gasteiger partial charge on any atom is -0.394 e. The van der Waals surface area contributed by atoms with Gasteiger partial charge in [0.25, 0.3) is 0 Å². The first-order chi connectivity index (χ1) is 15.1. The molecule has 8 heteroatoms. The van der Waals surface area contributed by atoms with E-state index in [1.54, 1.807) is 0 Å². The maximum absolute atomic E-state index is 12.6. The van der Waals surface area contributed by atoms with Crippen LogP contribution in [0.5, 0.6) is 0 Å². The van der Waals surface area contributed by atoms with Gasteiger partial charge in [0, 0.05) is 30.3 Å². The molecule has 2 N–H and O–H groups in total. The Kier molecular flexibility index (Phi) is 5.92. The van der Waals surface area contributed by atoms with Crippen molar-refractivity contribution in [2.45, 2.75) is 61.3 Å². The molecule has 1 aliphatic carbocycles. The molecule has 0 bridgehead atoms. The first-order valence-corrected chi connectivity index (χ1v) is 13.0. The van der Waals surface area contributed by atoms with E-state index in [4.69, 9.17) is 21.6 Å². The van der Waals surface area contributed by atoms with Crippen LogP contribution in [0.1, 0.15) is 55.7 Å². The maximum Gasteiger partial charge on any atom is 0.227 e. The molecule has 1 aromatic carbocycles. The lowest BCUT2D eigenvalue weighted by Gasteiger charge is -2.41. The Bertz CT molecular complexity index is 975. The summed E-state index contributed by atoms with van der Waals surface area (Å²) in [5.74, 6) is 2.51. The van der Waals surface area contributed by atoms with Gasteiger partial charge in [-0.05, 0) is 62.1 Å². The van der Waals surface area contributed by atoms with E-state index in [1.807, 2.05) is 12.1 Å². The number of nitrogens with one attached hydrogen (secondary N) is 1. The zero-order chi connectivity index (χ0) is 21.4. The second-order valence-electron chi connectivity index (χ2n) is 9.03. The van der Waals surface area contributed by atoms with E-state index in [0.29, 0.717) is 17.5 Å². The molecular formula is C23H29ClN4O2S. The molecule has 2 aliphatic heterocycles. The lowest BCUT2D eigenvalue weighted by molar-refractivity contribution is 0.143. The van der Waals surface area contributed by atoms with Gasteiger partial charge < -0.3 is 15.3 Å². The largest absolute Gasteiger partial charge is 0.394 e. The van der Waals surface area contributed by atoms with Gasteiger partial charge in [0.15, 0.2) is 0 Å². The molecule has 6 nitrogen and oxygen atoms in total. The number of anilines is 2. The quantitative estimate of drug-likeness (QED) is 0.704. The van der Waals surface area contributed by atoms with Crippen molar-refractivity contribution < 1.29 is 9.32 Å². The molecule has 5 rings (SSSR count). The molecule has 1 saturated heterocycles. The molecular weight excluding hydrogens is 432 g/mol. The third kappa shape index (κ3) is 4.20. The summed E-state index contributed by atoms with van der Waals surface area (Å²) in [7, 11) is -1.07. The Labute approximate surface area is 190 Å². The molecule has 1 aromatic heterocycles. The minimum absolute atomic E-state index is 0.0697. The molecule has 1 unspecified atom stereocenters. The van der Waals surface area contributed by atoms with Crippen LogP contribution in [-0.4, -0.2) is 50.3 Å². The smallest absolute Gasteiger partial charge is 0.227 e. The number of aliphatic hydroxyl groups excluding tert-OH is 1. The highest BCUT2D eigenvalue weighted by Gasteiger charge is 2.39. The standard InChI is InChI=1S/C23H29ClN4O2S/c24-18-6-4-17(5-7-18)16-3-1-12-28(13-8-16)22-25-19-9-14-31(30)20(19)21(26-22)27-23(15-29)10-2-11-23/h4-7,16,29H,1-3,8-15H2,(H,25,26,27)/t16?,31-/m0/s1. The van der Waals surface area contributed by atoms with Crippen LogP contribution < -0.4 is 10.2 Å². The summed E-state index contributed by atoms with van der Waals surface area (Å²) in [5, 5.41) is 14.2. The van der Waals surface area contributed by atoms with E-state index < -0.39 is 10.8 Å². The SMILES string of the molecule is O=[S@]1CCc2nc(N3CCCC(c4ccc(Cl)cc4)CC3)nc(NC3(CO)CCC3)c21. The van der Waals surface area contributed by atoms with Gasteiger partial charge in [0.2, 0.25) is 5.95 Å². The van der Waals surface area contributed by atoms with Gasteiger partial charge in [-0.3, -0.25) is 4.21 Å². The van der Waals surface area contributed by atoms with Crippen LogP contribution in [0.15, 0.2) is 29.2 Å². The highest BCUT2D eigenvalue weighted by Crippen LogP contribution is 2.39. The Morgan fingerprint density at radius 1 is 1.16 bits per heavy atom. The molecule has 0 amide bonds. The van der Waals surface area contributed by atoms with E-state index in [-0.39, 0.29) is 12.1 Å². The predicted molar refractivity (Wildman–Crippen MR) is 125 cm³/mol. The van der Waals surface area contributed by atoms with Crippen molar-refractivity contribution in [2.24, 2.45) is 0 Å². The first-order valence-electron chi connectivity index (χ1n) is 11.3. The van der Waals surface area contributed by atoms with E-state index in [0.717, 1.165) is 79.6 Å². The summed E-state index contributed by atoms with van der Waals surface area (Å²) < 4.78 is 12.6. The van der Waals surface area contributed by atoms with Crippen molar-refractivity contribution in [3.05, 3.63) is 40.5 Å². The monoisotopic (exact) mass is 460 g/mol. The number of halogens is 1. The predicted octanol–water partition coefficient (Wildman–Crippen LogP) is 3.89. The van der Waals surface area contributed by atoms with Crippen molar-refractivity contribution in [1.82, 2.24) is 9.97 Å². The Morgan fingerprint density at radius 2 is 1.97 bits per heavy atom. The summed E-state index contributed by atoms with van der Waals surface area (Å²) in [6.07, 6.45) is 6.88. The number of rotatable bonds is 5.